The smallest absolute Gasteiger partial charge is 0.0648 e. The molecule has 94 valence electrons. The van der Waals surface area contributed by atoms with Crippen molar-refractivity contribution in [3.8, 4) is 0 Å². The van der Waals surface area contributed by atoms with E-state index in [0.29, 0.717) is 0 Å². The number of nitrogens with one attached hydrogen (secondary N) is 1. The first-order chi connectivity index (χ1) is 8.56. The van der Waals surface area contributed by atoms with E-state index in [1.165, 1.54) is 11.1 Å². The molecule has 0 unspecified atom stereocenters. The monoisotopic (exact) mass is 387 g/mol. The minimum Gasteiger partial charge on any atom is -0.380 e. The van der Waals surface area contributed by atoms with Crippen molar-refractivity contribution >= 4 is 49.1 Å². The van der Waals surface area contributed by atoms with E-state index in [9.17, 15) is 0 Å². The van der Waals surface area contributed by atoms with Gasteiger partial charge in [0, 0.05) is 15.5 Å². The molecule has 2 aromatic rings. The summed E-state index contributed by atoms with van der Waals surface area (Å²) in [5.74, 6) is 0. The molecular weight excluding hydrogens is 377 g/mol. The van der Waals surface area contributed by atoms with Gasteiger partial charge >= 0.3 is 0 Å². The fraction of sp³-hybridized carbons (Fsp3) is 0.143. The van der Waals surface area contributed by atoms with Gasteiger partial charge in [0.05, 0.1) is 10.7 Å². The Kier molecular flexibility index (Phi) is 4.71. The van der Waals surface area contributed by atoms with Gasteiger partial charge < -0.3 is 5.32 Å². The highest BCUT2D eigenvalue weighted by Gasteiger charge is 2.02. The van der Waals surface area contributed by atoms with E-state index in [4.69, 9.17) is 11.6 Å². The molecule has 1 nitrogen and oxygen atoms in total. The van der Waals surface area contributed by atoms with Crippen LogP contribution in [0, 0.1) is 6.92 Å². The first-order valence-corrected chi connectivity index (χ1v) is 7.46. The standard InChI is InChI=1S/C14H12Br2ClN/c1-9-2-3-10(6-12(9)16)8-18-14-5-4-11(15)7-13(14)17/h2-7,18H,8H2,1H3. The molecule has 0 aliphatic heterocycles. The van der Waals surface area contributed by atoms with Gasteiger partial charge in [-0.3, -0.25) is 0 Å². The van der Waals surface area contributed by atoms with Crippen LogP contribution in [0.5, 0.6) is 0 Å². The Morgan fingerprint density at radius 3 is 2.56 bits per heavy atom. The minimum atomic E-state index is 0.718. The fourth-order valence-electron chi connectivity index (χ4n) is 1.58. The Morgan fingerprint density at radius 1 is 1.11 bits per heavy atom. The average Bonchev–Trinajstić information content (AvgIpc) is 2.32. The summed E-state index contributed by atoms with van der Waals surface area (Å²) in [6, 6.07) is 12.2. The lowest BCUT2D eigenvalue weighted by atomic mass is 10.1. The Hall–Kier alpha value is -0.510. The van der Waals surface area contributed by atoms with Crippen LogP contribution in [0.2, 0.25) is 5.02 Å². The van der Waals surface area contributed by atoms with E-state index < -0.39 is 0 Å². The topological polar surface area (TPSA) is 12.0 Å². The summed E-state index contributed by atoms with van der Waals surface area (Å²) in [6.07, 6.45) is 0. The summed E-state index contributed by atoms with van der Waals surface area (Å²) in [5.41, 5.74) is 3.39. The molecule has 0 bridgehead atoms. The van der Waals surface area contributed by atoms with Gasteiger partial charge in [0.2, 0.25) is 0 Å². The number of halogens is 3. The van der Waals surface area contributed by atoms with Gasteiger partial charge in [-0.15, -0.1) is 0 Å². The number of hydrogen-bond acceptors (Lipinski definition) is 1. The van der Waals surface area contributed by atoms with Gasteiger partial charge in [0.15, 0.2) is 0 Å². The molecule has 0 aliphatic carbocycles. The number of aryl methyl sites for hydroxylation is 1. The average molecular weight is 390 g/mol. The first-order valence-electron chi connectivity index (χ1n) is 5.50. The zero-order valence-corrected chi connectivity index (χ0v) is 13.7. The van der Waals surface area contributed by atoms with Crippen molar-refractivity contribution in [3.63, 3.8) is 0 Å². The van der Waals surface area contributed by atoms with Gasteiger partial charge in [-0.2, -0.15) is 0 Å². The van der Waals surface area contributed by atoms with E-state index >= 15 is 0 Å². The normalized spacial score (nSPS) is 10.4. The van der Waals surface area contributed by atoms with Gasteiger partial charge in [0.1, 0.15) is 0 Å². The van der Waals surface area contributed by atoms with Crippen molar-refractivity contribution in [2.75, 3.05) is 5.32 Å². The molecule has 0 atom stereocenters. The zero-order valence-electron chi connectivity index (χ0n) is 9.81. The lowest BCUT2D eigenvalue weighted by Gasteiger charge is -2.09. The zero-order chi connectivity index (χ0) is 13.1. The predicted molar refractivity (Wildman–Crippen MR) is 85.4 cm³/mol. The Balaban J connectivity index is 2.09. The number of anilines is 1. The van der Waals surface area contributed by atoms with Crippen LogP contribution in [0.1, 0.15) is 11.1 Å². The van der Waals surface area contributed by atoms with Gasteiger partial charge in [-0.05, 0) is 42.3 Å². The maximum atomic E-state index is 6.15. The summed E-state index contributed by atoms with van der Waals surface area (Å²) in [4.78, 5) is 0. The van der Waals surface area contributed by atoms with E-state index in [2.05, 4.69) is 62.3 Å². The van der Waals surface area contributed by atoms with Crippen LogP contribution in [0.25, 0.3) is 0 Å². The third-order valence-electron chi connectivity index (χ3n) is 2.65. The number of benzene rings is 2. The molecule has 0 spiro atoms. The van der Waals surface area contributed by atoms with Crippen LogP contribution in [0.3, 0.4) is 0 Å². The quantitative estimate of drug-likeness (QED) is 0.701. The van der Waals surface area contributed by atoms with Crippen molar-refractivity contribution in [1.29, 1.82) is 0 Å². The van der Waals surface area contributed by atoms with Gasteiger partial charge in [-0.25, -0.2) is 0 Å². The van der Waals surface area contributed by atoms with Crippen LogP contribution in [-0.4, -0.2) is 0 Å². The van der Waals surface area contributed by atoms with Crippen LogP contribution < -0.4 is 5.32 Å². The summed E-state index contributed by atoms with van der Waals surface area (Å²) in [5, 5.41) is 4.05. The molecule has 0 heterocycles. The minimum absolute atomic E-state index is 0.718. The van der Waals surface area contributed by atoms with Crippen molar-refractivity contribution in [2.45, 2.75) is 13.5 Å². The SMILES string of the molecule is Cc1ccc(CNc2ccc(Br)cc2Cl)cc1Br. The molecular formula is C14H12Br2ClN. The summed E-state index contributed by atoms with van der Waals surface area (Å²) in [7, 11) is 0. The van der Waals surface area contributed by atoms with Gasteiger partial charge in [0.25, 0.3) is 0 Å². The Morgan fingerprint density at radius 2 is 1.89 bits per heavy atom. The lowest BCUT2D eigenvalue weighted by molar-refractivity contribution is 1.14. The summed E-state index contributed by atoms with van der Waals surface area (Å²) >= 11 is 13.1. The predicted octanol–water partition coefficient (Wildman–Crippen LogP) is 5.79. The second-order valence-electron chi connectivity index (χ2n) is 4.06. The maximum Gasteiger partial charge on any atom is 0.0648 e. The molecule has 2 aromatic carbocycles. The van der Waals surface area contributed by atoms with Crippen molar-refractivity contribution in [1.82, 2.24) is 0 Å². The van der Waals surface area contributed by atoms with Crippen molar-refractivity contribution in [3.05, 3.63) is 61.5 Å². The molecule has 0 aliphatic rings. The molecule has 0 aromatic heterocycles. The van der Waals surface area contributed by atoms with Crippen LogP contribution in [0.15, 0.2) is 45.3 Å². The number of hydrogen-bond donors (Lipinski definition) is 1. The number of rotatable bonds is 3. The van der Waals surface area contributed by atoms with Crippen LogP contribution in [-0.2, 0) is 6.54 Å². The highest BCUT2D eigenvalue weighted by molar-refractivity contribution is 9.10. The van der Waals surface area contributed by atoms with E-state index in [0.717, 1.165) is 26.2 Å². The summed E-state index contributed by atoms with van der Waals surface area (Å²) in [6.45, 7) is 2.83. The molecule has 0 fully saturated rings. The van der Waals surface area contributed by atoms with E-state index in [-0.39, 0.29) is 0 Å². The Bertz CT molecular complexity index is 570. The summed E-state index contributed by atoms with van der Waals surface area (Å²) < 4.78 is 2.11. The first kappa shape index (κ1) is 13.9. The second-order valence-corrected chi connectivity index (χ2v) is 6.24. The molecule has 4 heteroatoms. The van der Waals surface area contributed by atoms with E-state index in [1.807, 2.05) is 18.2 Å². The highest BCUT2D eigenvalue weighted by Crippen LogP contribution is 2.26. The second kappa shape index (κ2) is 6.09. The molecule has 2 rings (SSSR count). The molecule has 0 saturated carbocycles. The maximum absolute atomic E-state index is 6.15. The van der Waals surface area contributed by atoms with Crippen LogP contribution in [0.4, 0.5) is 5.69 Å². The highest BCUT2D eigenvalue weighted by atomic mass is 79.9. The molecule has 0 saturated heterocycles. The van der Waals surface area contributed by atoms with Crippen molar-refractivity contribution < 1.29 is 0 Å². The largest absolute Gasteiger partial charge is 0.380 e. The van der Waals surface area contributed by atoms with E-state index in [1.54, 1.807) is 0 Å². The molecule has 1 N–H and O–H groups in total. The molecule has 18 heavy (non-hydrogen) atoms. The van der Waals surface area contributed by atoms with Gasteiger partial charge in [-0.1, -0.05) is 55.6 Å². The van der Waals surface area contributed by atoms with Crippen LogP contribution >= 0.6 is 43.5 Å². The fourth-order valence-corrected chi connectivity index (χ4v) is 2.74. The molecule has 0 radical (unpaired) electrons. The Labute approximate surface area is 129 Å². The third kappa shape index (κ3) is 3.50. The van der Waals surface area contributed by atoms with Crippen molar-refractivity contribution in [2.24, 2.45) is 0 Å². The molecule has 0 amide bonds. The lowest BCUT2D eigenvalue weighted by Crippen LogP contribution is -2.00. The third-order valence-corrected chi connectivity index (χ3v) is 4.31.